The Morgan fingerprint density at radius 2 is 2.15 bits per heavy atom. The number of halogens is 1. The summed E-state index contributed by atoms with van der Waals surface area (Å²) in [5.41, 5.74) is 0.661. The monoisotopic (exact) mass is 395 g/mol. The van der Waals surface area contributed by atoms with E-state index in [9.17, 15) is 9.59 Å². The molecule has 1 aromatic carbocycles. The SMILES string of the molecule is CCOc1c(Cl)cc(/C=C/C(=O)OCC(=O)N2CCC[C@H](C)C2)cc1OC. The number of piperidine rings is 1. The quantitative estimate of drug-likeness (QED) is 0.521. The molecule has 1 atom stereocenters. The number of rotatable bonds is 7. The van der Waals surface area contributed by atoms with Crippen molar-refractivity contribution in [2.75, 3.05) is 33.4 Å². The van der Waals surface area contributed by atoms with Gasteiger partial charge >= 0.3 is 5.97 Å². The normalized spacial score (nSPS) is 17.0. The van der Waals surface area contributed by atoms with Crippen LogP contribution in [0.4, 0.5) is 0 Å². The van der Waals surface area contributed by atoms with Crippen molar-refractivity contribution < 1.29 is 23.8 Å². The fraction of sp³-hybridized carbons (Fsp3) is 0.500. The van der Waals surface area contributed by atoms with Crippen molar-refractivity contribution >= 4 is 29.6 Å². The minimum Gasteiger partial charge on any atom is -0.493 e. The molecule has 1 heterocycles. The molecule has 0 spiro atoms. The molecule has 1 saturated heterocycles. The maximum atomic E-state index is 12.1. The van der Waals surface area contributed by atoms with Crippen LogP contribution in [-0.4, -0.2) is 50.2 Å². The average Bonchev–Trinajstić information content (AvgIpc) is 2.66. The highest BCUT2D eigenvalue weighted by atomic mass is 35.5. The second-order valence-corrected chi connectivity index (χ2v) is 6.90. The van der Waals surface area contributed by atoms with Crippen LogP contribution in [0, 0.1) is 5.92 Å². The number of carbonyl (C=O) groups is 2. The van der Waals surface area contributed by atoms with Crippen molar-refractivity contribution in [3.63, 3.8) is 0 Å². The van der Waals surface area contributed by atoms with Gasteiger partial charge in [0.25, 0.3) is 5.91 Å². The van der Waals surface area contributed by atoms with Gasteiger partial charge in [-0.1, -0.05) is 18.5 Å². The largest absolute Gasteiger partial charge is 0.493 e. The van der Waals surface area contributed by atoms with Crippen LogP contribution in [0.15, 0.2) is 18.2 Å². The van der Waals surface area contributed by atoms with E-state index in [1.165, 1.54) is 13.2 Å². The number of carbonyl (C=O) groups excluding carboxylic acids is 2. The zero-order valence-electron chi connectivity index (χ0n) is 16.0. The predicted molar refractivity (Wildman–Crippen MR) is 104 cm³/mol. The summed E-state index contributed by atoms with van der Waals surface area (Å²) in [4.78, 5) is 25.8. The minimum atomic E-state index is -0.586. The van der Waals surface area contributed by atoms with E-state index >= 15 is 0 Å². The number of ether oxygens (including phenoxy) is 3. The highest BCUT2D eigenvalue weighted by Gasteiger charge is 2.21. The molecule has 0 radical (unpaired) electrons. The van der Waals surface area contributed by atoms with Crippen LogP contribution < -0.4 is 9.47 Å². The van der Waals surface area contributed by atoms with Crippen molar-refractivity contribution in [2.45, 2.75) is 26.7 Å². The number of esters is 1. The summed E-state index contributed by atoms with van der Waals surface area (Å²) in [6.07, 6.45) is 4.93. The Bertz CT molecular complexity index is 704. The molecule has 6 nitrogen and oxygen atoms in total. The first-order chi connectivity index (χ1) is 12.9. The first kappa shape index (κ1) is 21.1. The van der Waals surface area contributed by atoms with Gasteiger partial charge in [-0.3, -0.25) is 4.79 Å². The van der Waals surface area contributed by atoms with Gasteiger partial charge in [-0.2, -0.15) is 0 Å². The lowest BCUT2D eigenvalue weighted by Crippen LogP contribution is -2.41. The summed E-state index contributed by atoms with van der Waals surface area (Å²) >= 11 is 6.20. The van der Waals surface area contributed by atoms with Gasteiger partial charge in [-0.05, 0) is 49.5 Å². The van der Waals surface area contributed by atoms with Gasteiger partial charge in [0.15, 0.2) is 18.1 Å². The number of likely N-dealkylation sites (tertiary alicyclic amines) is 1. The maximum Gasteiger partial charge on any atom is 0.331 e. The number of amides is 1. The first-order valence-electron chi connectivity index (χ1n) is 9.07. The van der Waals surface area contributed by atoms with E-state index in [1.54, 1.807) is 23.1 Å². The lowest BCUT2D eigenvalue weighted by atomic mass is 10.0. The summed E-state index contributed by atoms with van der Waals surface area (Å²) in [6.45, 7) is 5.62. The molecule has 0 unspecified atom stereocenters. The van der Waals surface area contributed by atoms with Crippen LogP contribution >= 0.6 is 11.6 Å². The fourth-order valence-electron chi connectivity index (χ4n) is 2.97. The molecule has 1 aliphatic heterocycles. The molecular weight excluding hydrogens is 370 g/mol. The van der Waals surface area contributed by atoms with Crippen LogP contribution in [0.25, 0.3) is 6.08 Å². The smallest absolute Gasteiger partial charge is 0.331 e. The second-order valence-electron chi connectivity index (χ2n) is 6.50. The maximum absolute atomic E-state index is 12.1. The molecule has 0 aliphatic carbocycles. The molecule has 1 aliphatic rings. The average molecular weight is 396 g/mol. The Kier molecular flexibility index (Phi) is 7.98. The Morgan fingerprint density at radius 3 is 2.81 bits per heavy atom. The van der Waals surface area contributed by atoms with E-state index in [1.807, 2.05) is 6.92 Å². The zero-order valence-corrected chi connectivity index (χ0v) is 16.8. The third-order valence-electron chi connectivity index (χ3n) is 4.30. The molecule has 1 amide bonds. The standard InChI is InChI=1S/C20H26ClNO5/c1-4-26-20-16(21)10-15(11-17(20)25-3)7-8-19(24)27-13-18(23)22-9-5-6-14(2)12-22/h7-8,10-11,14H,4-6,9,12-13H2,1-3H3/b8-7+/t14-/m0/s1. The van der Waals surface area contributed by atoms with Gasteiger partial charge < -0.3 is 19.1 Å². The van der Waals surface area contributed by atoms with Gasteiger partial charge in [0, 0.05) is 19.2 Å². The number of nitrogens with zero attached hydrogens (tertiary/aromatic N) is 1. The molecule has 27 heavy (non-hydrogen) atoms. The van der Waals surface area contributed by atoms with Crippen LogP contribution in [0.2, 0.25) is 5.02 Å². The van der Waals surface area contributed by atoms with Gasteiger partial charge in [0.2, 0.25) is 0 Å². The summed E-state index contributed by atoms with van der Waals surface area (Å²) in [5.74, 6) is 0.679. The highest BCUT2D eigenvalue weighted by molar-refractivity contribution is 6.32. The van der Waals surface area contributed by atoms with Crippen molar-refractivity contribution in [3.8, 4) is 11.5 Å². The molecule has 2 rings (SSSR count). The van der Waals surface area contributed by atoms with Gasteiger partial charge in [-0.15, -0.1) is 0 Å². The third-order valence-corrected chi connectivity index (χ3v) is 4.58. The van der Waals surface area contributed by atoms with Crippen molar-refractivity contribution in [1.82, 2.24) is 4.90 Å². The highest BCUT2D eigenvalue weighted by Crippen LogP contribution is 2.36. The number of benzene rings is 1. The van der Waals surface area contributed by atoms with E-state index in [0.717, 1.165) is 25.9 Å². The Balaban J connectivity index is 1.92. The molecule has 1 fully saturated rings. The van der Waals surface area contributed by atoms with Gasteiger partial charge in [-0.25, -0.2) is 4.79 Å². The van der Waals surface area contributed by atoms with Crippen LogP contribution in [-0.2, 0) is 14.3 Å². The third kappa shape index (κ3) is 6.17. The lowest BCUT2D eigenvalue weighted by molar-refractivity contribution is -0.149. The van der Waals surface area contributed by atoms with Crippen LogP contribution in [0.3, 0.4) is 0 Å². The summed E-state index contributed by atoms with van der Waals surface area (Å²) in [6, 6.07) is 3.38. The van der Waals surface area contributed by atoms with Crippen molar-refractivity contribution in [3.05, 3.63) is 28.8 Å². The molecule has 0 N–H and O–H groups in total. The van der Waals surface area contributed by atoms with E-state index in [0.29, 0.717) is 34.6 Å². The van der Waals surface area contributed by atoms with E-state index < -0.39 is 5.97 Å². The molecule has 0 aromatic heterocycles. The van der Waals surface area contributed by atoms with Crippen molar-refractivity contribution in [1.29, 1.82) is 0 Å². The molecule has 0 saturated carbocycles. The Labute approximate surface area is 165 Å². The number of hydrogen-bond acceptors (Lipinski definition) is 5. The predicted octanol–water partition coefficient (Wildman–Crippen LogP) is 3.56. The molecule has 148 valence electrons. The summed E-state index contributed by atoms with van der Waals surface area (Å²) in [5, 5.41) is 0.388. The minimum absolute atomic E-state index is 0.158. The molecule has 7 heteroatoms. The number of hydrogen-bond donors (Lipinski definition) is 0. The van der Waals surface area contributed by atoms with Gasteiger partial charge in [0.05, 0.1) is 18.7 Å². The zero-order chi connectivity index (χ0) is 19.8. The van der Waals surface area contributed by atoms with E-state index in [-0.39, 0.29) is 12.5 Å². The van der Waals surface area contributed by atoms with Crippen molar-refractivity contribution in [2.24, 2.45) is 5.92 Å². The lowest BCUT2D eigenvalue weighted by Gasteiger charge is -2.30. The first-order valence-corrected chi connectivity index (χ1v) is 9.45. The summed E-state index contributed by atoms with van der Waals surface area (Å²) in [7, 11) is 1.52. The van der Waals surface area contributed by atoms with E-state index in [4.69, 9.17) is 25.8 Å². The topological polar surface area (TPSA) is 65.1 Å². The summed E-state index contributed by atoms with van der Waals surface area (Å²) < 4.78 is 15.8. The molecule has 1 aromatic rings. The van der Waals surface area contributed by atoms with Crippen LogP contribution in [0.1, 0.15) is 32.3 Å². The second kappa shape index (κ2) is 10.2. The Hall–Kier alpha value is -2.21. The molecule has 0 bridgehead atoms. The molecular formula is C20H26ClNO5. The number of methoxy groups -OCH3 is 1. The van der Waals surface area contributed by atoms with E-state index in [2.05, 4.69) is 6.92 Å². The van der Waals surface area contributed by atoms with Gasteiger partial charge in [0.1, 0.15) is 0 Å². The van der Waals surface area contributed by atoms with Crippen LogP contribution in [0.5, 0.6) is 11.5 Å². The Morgan fingerprint density at radius 1 is 1.37 bits per heavy atom. The fourth-order valence-corrected chi connectivity index (χ4v) is 3.25.